The summed E-state index contributed by atoms with van der Waals surface area (Å²) in [5, 5.41) is 0. The highest BCUT2D eigenvalue weighted by Gasteiger charge is 2.45. The fraction of sp³-hybridized carbons (Fsp3) is 0.350. The van der Waals surface area contributed by atoms with E-state index < -0.39 is 0 Å². The molecule has 2 fully saturated rings. The molecule has 2 aliphatic heterocycles. The summed E-state index contributed by atoms with van der Waals surface area (Å²) in [7, 11) is 0. The van der Waals surface area contributed by atoms with E-state index in [-0.39, 0.29) is 6.04 Å². The standard InChI is InChI=1S/C20H19NO/c22-19-10-12-21-11-9-17-16-6-5-13-3-1-2-4-14(13)15(16)7-8-18(17)20(19)21/h1-8,16-17,20H,9-12H2. The van der Waals surface area contributed by atoms with Crippen molar-refractivity contribution in [3.05, 3.63) is 59.2 Å². The summed E-state index contributed by atoms with van der Waals surface area (Å²) in [6, 6.07) is 8.71. The number of rotatable bonds is 0. The topological polar surface area (TPSA) is 20.3 Å². The van der Waals surface area contributed by atoms with Gasteiger partial charge in [0.05, 0.1) is 6.04 Å². The Balaban J connectivity index is 1.63. The lowest BCUT2D eigenvalue weighted by molar-refractivity contribution is -0.119. The van der Waals surface area contributed by atoms with Crippen LogP contribution in [0.25, 0.3) is 11.6 Å². The van der Waals surface area contributed by atoms with Gasteiger partial charge in [0, 0.05) is 18.9 Å². The third-order valence-electron chi connectivity index (χ3n) is 5.79. The van der Waals surface area contributed by atoms with Gasteiger partial charge in [0.2, 0.25) is 0 Å². The van der Waals surface area contributed by atoms with Crippen LogP contribution >= 0.6 is 0 Å². The Morgan fingerprint density at radius 1 is 1.09 bits per heavy atom. The Hall–Kier alpha value is -1.93. The molecule has 2 aliphatic carbocycles. The van der Waals surface area contributed by atoms with Crippen LogP contribution in [0.1, 0.15) is 24.0 Å². The molecular weight excluding hydrogens is 270 g/mol. The summed E-state index contributed by atoms with van der Waals surface area (Å²) in [4.78, 5) is 14.7. The van der Waals surface area contributed by atoms with Gasteiger partial charge in [-0.3, -0.25) is 9.69 Å². The first-order chi connectivity index (χ1) is 10.8. The van der Waals surface area contributed by atoms with Crippen LogP contribution in [0, 0.1) is 11.8 Å². The zero-order valence-electron chi connectivity index (χ0n) is 12.5. The maximum absolute atomic E-state index is 12.3. The zero-order valence-corrected chi connectivity index (χ0v) is 12.5. The van der Waals surface area contributed by atoms with Gasteiger partial charge in [0.25, 0.3) is 0 Å². The number of nitrogens with zero attached hydrogens (tertiary/aromatic N) is 1. The van der Waals surface area contributed by atoms with Crippen molar-refractivity contribution in [2.24, 2.45) is 11.8 Å². The number of allylic oxidation sites excluding steroid dienone is 4. The molecule has 0 radical (unpaired) electrons. The van der Waals surface area contributed by atoms with E-state index in [1.807, 2.05) is 0 Å². The van der Waals surface area contributed by atoms with E-state index in [0.717, 1.165) is 19.5 Å². The Morgan fingerprint density at radius 2 is 2.00 bits per heavy atom. The Morgan fingerprint density at radius 3 is 2.95 bits per heavy atom. The summed E-state index contributed by atoms with van der Waals surface area (Å²) >= 11 is 0. The average Bonchev–Trinajstić information content (AvgIpc) is 2.95. The molecule has 0 amide bonds. The molecule has 2 saturated heterocycles. The molecule has 3 unspecified atom stereocenters. The monoisotopic (exact) mass is 289 g/mol. The number of ketones is 1. The minimum absolute atomic E-state index is 0.0714. The zero-order chi connectivity index (χ0) is 14.7. The van der Waals surface area contributed by atoms with E-state index in [9.17, 15) is 4.79 Å². The van der Waals surface area contributed by atoms with Crippen molar-refractivity contribution in [2.45, 2.75) is 18.9 Å². The molecule has 0 spiro atoms. The number of carbonyl (C=O) groups is 1. The SMILES string of the molecule is O=C1CCN2CCC3C(=CC=C4c5ccccc5C=CC43)C12. The molecular formula is C20H19NO. The van der Waals surface area contributed by atoms with Gasteiger partial charge in [-0.25, -0.2) is 0 Å². The molecule has 2 heteroatoms. The number of Topliss-reactive ketones (excluding diaryl/α,β-unsaturated/α-hetero) is 1. The van der Waals surface area contributed by atoms with Crippen molar-refractivity contribution in [2.75, 3.05) is 13.1 Å². The Kier molecular flexibility index (Phi) is 2.59. The first-order valence-electron chi connectivity index (χ1n) is 8.29. The van der Waals surface area contributed by atoms with Crippen LogP contribution < -0.4 is 0 Å². The molecule has 110 valence electrons. The summed E-state index contributed by atoms with van der Waals surface area (Å²) in [5.74, 6) is 1.38. The molecule has 0 aromatic heterocycles. The third-order valence-corrected chi connectivity index (χ3v) is 5.79. The summed E-state index contributed by atoms with van der Waals surface area (Å²) in [6.45, 7) is 2.02. The number of hydrogen-bond acceptors (Lipinski definition) is 2. The predicted molar refractivity (Wildman–Crippen MR) is 88.1 cm³/mol. The number of fused-ring (bicyclic) bond motifs is 7. The summed E-state index contributed by atoms with van der Waals surface area (Å²) < 4.78 is 0. The number of benzene rings is 1. The van der Waals surface area contributed by atoms with Gasteiger partial charge in [0.15, 0.2) is 5.78 Å². The number of hydrogen-bond donors (Lipinski definition) is 0. The van der Waals surface area contributed by atoms with Crippen LogP contribution in [0.2, 0.25) is 0 Å². The van der Waals surface area contributed by atoms with Crippen LogP contribution in [-0.4, -0.2) is 29.8 Å². The first kappa shape index (κ1) is 12.6. The highest BCUT2D eigenvalue weighted by molar-refractivity contribution is 5.91. The van der Waals surface area contributed by atoms with Gasteiger partial charge in [-0.1, -0.05) is 48.6 Å². The van der Waals surface area contributed by atoms with Crippen LogP contribution in [-0.2, 0) is 4.79 Å². The van der Waals surface area contributed by atoms with E-state index in [1.54, 1.807) is 0 Å². The van der Waals surface area contributed by atoms with Gasteiger partial charge >= 0.3 is 0 Å². The fourth-order valence-corrected chi connectivity index (χ4v) is 4.77. The van der Waals surface area contributed by atoms with Gasteiger partial charge in [-0.15, -0.1) is 0 Å². The van der Waals surface area contributed by atoms with Gasteiger partial charge in [0.1, 0.15) is 0 Å². The van der Waals surface area contributed by atoms with Crippen LogP contribution in [0.3, 0.4) is 0 Å². The molecule has 2 nitrogen and oxygen atoms in total. The molecule has 1 aromatic rings. The van der Waals surface area contributed by atoms with Crippen LogP contribution in [0.4, 0.5) is 0 Å². The van der Waals surface area contributed by atoms with Crippen molar-refractivity contribution >= 4 is 17.4 Å². The van der Waals surface area contributed by atoms with E-state index in [2.05, 4.69) is 53.5 Å². The van der Waals surface area contributed by atoms with Gasteiger partial charge in [-0.05, 0) is 41.2 Å². The second kappa shape index (κ2) is 4.53. The van der Waals surface area contributed by atoms with E-state index in [1.165, 1.54) is 28.7 Å². The fourth-order valence-electron chi connectivity index (χ4n) is 4.77. The van der Waals surface area contributed by atoms with Crippen molar-refractivity contribution < 1.29 is 4.79 Å². The van der Waals surface area contributed by atoms with Crippen molar-refractivity contribution in [1.82, 2.24) is 4.90 Å². The van der Waals surface area contributed by atoms with Crippen molar-refractivity contribution in [3.63, 3.8) is 0 Å². The molecule has 5 rings (SSSR count). The third kappa shape index (κ3) is 1.62. The normalized spacial score (nSPS) is 32.5. The van der Waals surface area contributed by atoms with Crippen LogP contribution in [0.15, 0.2) is 48.1 Å². The van der Waals surface area contributed by atoms with Crippen LogP contribution in [0.5, 0.6) is 0 Å². The molecule has 3 atom stereocenters. The lowest BCUT2D eigenvalue weighted by Gasteiger charge is -2.43. The quantitative estimate of drug-likeness (QED) is 0.730. The minimum atomic E-state index is 0.0714. The van der Waals surface area contributed by atoms with E-state index >= 15 is 0 Å². The lowest BCUT2D eigenvalue weighted by Crippen LogP contribution is -2.45. The maximum atomic E-state index is 12.3. The molecule has 0 saturated carbocycles. The first-order valence-corrected chi connectivity index (χ1v) is 8.29. The van der Waals surface area contributed by atoms with Crippen molar-refractivity contribution in [1.29, 1.82) is 0 Å². The average molecular weight is 289 g/mol. The number of carbonyl (C=O) groups excluding carboxylic acids is 1. The molecule has 1 aromatic carbocycles. The number of piperidine rings is 1. The Bertz CT molecular complexity index is 755. The second-order valence-corrected chi connectivity index (χ2v) is 6.81. The van der Waals surface area contributed by atoms with Gasteiger partial charge < -0.3 is 0 Å². The molecule has 4 aliphatic rings. The Labute approximate surface area is 130 Å². The van der Waals surface area contributed by atoms with E-state index in [0.29, 0.717) is 17.6 Å². The molecule has 0 bridgehead atoms. The molecule has 2 heterocycles. The highest BCUT2D eigenvalue weighted by atomic mass is 16.1. The summed E-state index contributed by atoms with van der Waals surface area (Å²) in [6.07, 6.45) is 11.1. The minimum Gasteiger partial charge on any atom is -0.298 e. The van der Waals surface area contributed by atoms with Crippen molar-refractivity contribution in [3.8, 4) is 0 Å². The largest absolute Gasteiger partial charge is 0.298 e. The summed E-state index contributed by atoms with van der Waals surface area (Å²) in [5.41, 5.74) is 5.49. The molecule has 0 N–H and O–H groups in total. The highest BCUT2D eigenvalue weighted by Crippen LogP contribution is 2.47. The second-order valence-electron chi connectivity index (χ2n) is 6.81. The predicted octanol–water partition coefficient (Wildman–Crippen LogP) is 3.32. The molecule has 22 heavy (non-hydrogen) atoms. The smallest absolute Gasteiger partial charge is 0.155 e. The van der Waals surface area contributed by atoms with Gasteiger partial charge in [-0.2, -0.15) is 0 Å². The lowest BCUT2D eigenvalue weighted by atomic mass is 9.67. The van der Waals surface area contributed by atoms with E-state index in [4.69, 9.17) is 0 Å². The maximum Gasteiger partial charge on any atom is 0.155 e.